The van der Waals surface area contributed by atoms with E-state index in [9.17, 15) is 9.59 Å². The van der Waals surface area contributed by atoms with E-state index < -0.39 is 23.3 Å². The number of Topliss-reactive ketones (excluding diaryl/α,β-unsaturated/α-hetero) is 1. The van der Waals surface area contributed by atoms with Crippen molar-refractivity contribution in [2.24, 2.45) is 0 Å². The highest BCUT2D eigenvalue weighted by molar-refractivity contribution is 6.09. The van der Waals surface area contributed by atoms with Crippen LogP contribution < -0.4 is 0 Å². The van der Waals surface area contributed by atoms with Gasteiger partial charge in [-0.2, -0.15) is 0 Å². The molecule has 0 N–H and O–H groups in total. The van der Waals surface area contributed by atoms with Gasteiger partial charge in [-0.3, -0.25) is 4.79 Å². The van der Waals surface area contributed by atoms with Crippen molar-refractivity contribution >= 4 is 11.8 Å². The molecule has 1 heterocycles. The van der Waals surface area contributed by atoms with E-state index in [4.69, 9.17) is 9.47 Å². The summed E-state index contributed by atoms with van der Waals surface area (Å²) in [5.41, 5.74) is -0.551. The fourth-order valence-corrected chi connectivity index (χ4v) is 3.16. The van der Waals surface area contributed by atoms with Crippen LogP contribution in [0.5, 0.6) is 0 Å². The highest BCUT2D eigenvalue weighted by Gasteiger charge is 2.56. The molecule has 4 nitrogen and oxygen atoms in total. The lowest BCUT2D eigenvalue weighted by atomic mass is 9.89. The lowest BCUT2D eigenvalue weighted by Gasteiger charge is -2.30. The summed E-state index contributed by atoms with van der Waals surface area (Å²) in [6.45, 7) is 5.36. The number of esters is 1. The molecule has 0 amide bonds. The number of benzene rings is 2. The van der Waals surface area contributed by atoms with Gasteiger partial charge >= 0.3 is 5.97 Å². The molecule has 1 fully saturated rings. The third-order valence-electron chi connectivity index (χ3n) is 4.36. The molecule has 0 aliphatic carbocycles. The Morgan fingerprint density at radius 3 is 2.23 bits per heavy atom. The fourth-order valence-electron chi connectivity index (χ4n) is 3.16. The van der Waals surface area contributed by atoms with Gasteiger partial charge in [0, 0.05) is 12.8 Å². The third-order valence-corrected chi connectivity index (χ3v) is 4.36. The molecule has 0 spiro atoms. The molecule has 2 atom stereocenters. The zero-order valence-corrected chi connectivity index (χ0v) is 15.4. The van der Waals surface area contributed by atoms with Crippen molar-refractivity contribution in [3.05, 3.63) is 71.8 Å². The Hall–Kier alpha value is -2.46. The molecule has 0 radical (unpaired) electrons. The van der Waals surface area contributed by atoms with Crippen LogP contribution in [0.1, 0.15) is 44.4 Å². The van der Waals surface area contributed by atoms with Crippen LogP contribution in [0.4, 0.5) is 0 Å². The summed E-state index contributed by atoms with van der Waals surface area (Å²) in [6.07, 6.45) is -0.110. The fraction of sp³-hybridized carbons (Fsp3) is 0.364. The van der Waals surface area contributed by atoms with E-state index >= 15 is 0 Å². The van der Waals surface area contributed by atoms with E-state index in [-0.39, 0.29) is 18.6 Å². The third kappa shape index (κ3) is 3.86. The van der Waals surface area contributed by atoms with E-state index in [0.717, 1.165) is 11.1 Å². The van der Waals surface area contributed by atoms with Crippen molar-refractivity contribution in [2.75, 3.05) is 0 Å². The average Bonchev–Trinajstić information content (AvgIpc) is 2.93. The van der Waals surface area contributed by atoms with E-state index in [1.807, 2.05) is 60.7 Å². The van der Waals surface area contributed by atoms with E-state index in [0.29, 0.717) is 0 Å². The zero-order valence-electron chi connectivity index (χ0n) is 15.4. The number of ether oxygens (including phenoxy) is 2. The van der Waals surface area contributed by atoms with E-state index in [1.54, 1.807) is 20.8 Å². The Morgan fingerprint density at radius 1 is 1.08 bits per heavy atom. The maximum absolute atomic E-state index is 13.0. The molecule has 26 heavy (non-hydrogen) atoms. The van der Waals surface area contributed by atoms with Gasteiger partial charge in [0.1, 0.15) is 5.60 Å². The molecule has 3 rings (SSSR count). The summed E-state index contributed by atoms with van der Waals surface area (Å²) in [6, 6.07) is 19.0. The van der Waals surface area contributed by atoms with Gasteiger partial charge in [-0.25, -0.2) is 4.79 Å². The van der Waals surface area contributed by atoms with Gasteiger partial charge in [0.15, 0.2) is 5.78 Å². The van der Waals surface area contributed by atoms with Gasteiger partial charge in [-0.15, -0.1) is 0 Å². The summed E-state index contributed by atoms with van der Waals surface area (Å²) in [7, 11) is 0. The standard InChI is InChI=1S/C22H24O4/c1-21(2,3)26-20(24)22(15-16-10-6-4-7-11-16)19(23)14-18(25-22)17-12-8-5-9-13-17/h4-13,18H,14-15H2,1-3H3/t18-,22+/m1/s1. The van der Waals surface area contributed by atoms with E-state index in [2.05, 4.69) is 0 Å². The minimum absolute atomic E-state index is 0.163. The lowest BCUT2D eigenvalue weighted by Crippen LogP contribution is -2.50. The number of carbonyl (C=O) groups is 2. The first-order valence-electron chi connectivity index (χ1n) is 8.84. The molecule has 1 saturated heterocycles. The van der Waals surface area contributed by atoms with Crippen molar-refractivity contribution in [2.45, 2.75) is 50.9 Å². The second-order valence-corrected chi connectivity index (χ2v) is 7.64. The highest BCUT2D eigenvalue weighted by atomic mass is 16.6. The van der Waals surface area contributed by atoms with Gasteiger partial charge in [0.05, 0.1) is 6.10 Å². The molecular formula is C22H24O4. The van der Waals surface area contributed by atoms with Gasteiger partial charge in [0.2, 0.25) is 5.60 Å². The predicted octanol–water partition coefficient (Wildman–Crippen LogP) is 4.04. The van der Waals surface area contributed by atoms with Crippen LogP contribution in [-0.2, 0) is 25.5 Å². The maximum atomic E-state index is 13.0. The Kier molecular flexibility index (Phi) is 4.97. The van der Waals surface area contributed by atoms with Crippen molar-refractivity contribution in [3.63, 3.8) is 0 Å². The molecule has 0 aromatic heterocycles. The average molecular weight is 352 g/mol. The van der Waals surface area contributed by atoms with Crippen LogP contribution in [0.15, 0.2) is 60.7 Å². The number of hydrogen-bond acceptors (Lipinski definition) is 4. The number of rotatable bonds is 4. The quantitative estimate of drug-likeness (QED) is 0.615. The Labute approximate surface area is 154 Å². The number of hydrogen-bond donors (Lipinski definition) is 0. The molecule has 4 heteroatoms. The van der Waals surface area contributed by atoms with Gasteiger partial charge in [0.25, 0.3) is 0 Å². The summed E-state index contributed by atoms with van der Waals surface area (Å²) in [5, 5.41) is 0. The molecule has 1 aliphatic rings. The number of carbonyl (C=O) groups excluding carboxylic acids is 2. The Morgan fingerprint density at radius 2 is 1.65 bits per heavy atom. The van der Waals surface area contributed by atoms with Crippen LogP contribution in [0.3, 0.4) is 0 Å². The highest BCUT2D eigenvalue weighted by Crippen LogP contribution is 2.40. The molecule has 2 aromatic rings. The normalized spacial score (nSPS) is 23.0. The monoisotopic (exact) mass is 352 g/mol. The minimum atomic E-state index is -1.60. The van der Waals surface area contributed by atoms with Crippen molar-refractivity contribution in [3.8, 4) is 0 Å². The predicted molar refractivity (Wildman–Crippen MR) is 98.6 cm³/mol. The Bertz CT molecular complexity index is 777. The lowest BCUT2D eigenvalue weighted by molar-refractivity contribution is -0.183. The molecule has 0 bridgehead atoms. The van der Waals surface area contributed by atoms with Crippen LogP contribution in [0.25, 0.3) is 0 Å². The minimum Gasteiger partial charge on any atom is -0.457 e. The van der Waals surface area contributed by atoms with Gasteiger partial charge in [-0.05, 0) is 31.9 Å². The zero-order chi connectivity index (χ0) is 18.8. The van der Waals surface area contributed by atoms with Crippen molar-refractivity contribution in [1.29, 1.82) is 0 Å². The summed E-state index contributed by atoms with van der Waals surface area (Å²) >= 11 is 0. The Balaban J connectivity index is 1.95. The first kappa shape index (κ1) is 18.3. The molecule has 0 saturated carbocycles. The number of ketones is 1. The molecular weight excluding hydrogens is 328 g/mol. The molecule has 136 valence electrons. The van der Waals surface area contributed by atoms with E-state index in [1.165, 1.54) is 0 Å². The van der Waals surface area contributed by atoms with Crippen molar-refractivity contribution < 1.29 is 19.1 Å². The topological polar surface area (TPSA) is 52.6 Å². The summed E-state index contributed by atoms with van der Waals surface area (Å²) in [4.78, 5) is 26.0. The summed E-state index contributed by atoms with van der Waals surface area (Å²) in [5.74, 6) is -0.846. The van der Waals surface area contributed by atoms with Crippen LogP contribution in [-0.4, -0.2) is 23.0 Å². The van der Waals surface area contributed by atoms with Crippen LogP contribution in [0.2, 0.25) is 0 Å². The first-order chi connectivity index (χ1) is 12.3. The molecule has 1 aliphatic heterocycles. The van der Waals surface area contributed by atoms with Crippen LogP contribution >= 0.6 is 0 Å². The molecule has 2 aromatic carbocycles. The smallest absolute Gasteiger partial charge is 0.347 e. The van der Waals surface area contributed by atoms with Gasteiger partial charge < -0.3 is 9.47 Å². The maximum Gasteiger partial charge on any atom is 0.347 e. The van der Waals surface area contributed by atoms with Crippen LogP contribution in [0, 0.1) is 0 Å². The SMILES string of the molecule is CC(C)(C)OC(=O)[C@@]1(Cc2ccccc2)O[C@@H](c2ccccc2)CC1=O. The molecule has 0 unspecified atom stereocenters. The second-order valence-electron chi connectivity index (χ2n) is 7.64. The van der Waals surface area contributed by atoms with Gasteiger partial charge in [-0.1, -0.05) is 60.7 Å². The second kappa shape index (κ2) is 7.04. The van der Waals surface area contributed by atoms with Crippen molar-refractivity contribution in [1.82, 2.24) is 0 Å². The first-order valence-corrected chi connectivity index (χ1v) is 8.84. The summed E-state index contributed by atoms with van der Waals surface area (Å²) < 4.78 is 11.7. The largest absolute Gasteiger partial charge is 0.457 e.